The zero-order valence-electron chi connectivity index (χ0n) is 18.1. The monoisotopic (exact) mass is 472 g/mol. The van der Waals surface area contributed by atoms with Crippen LogP contribution < -0.4 is 14.4 Å². The van der Waals surface area contributed by atoms with Crippen molar-refractivity contribution in [3.05, 3.63) is 88.9 Å². The van der Waals surface area contributed by atoms with Gasteiger partial charge in [0.2, 0.25) is 10.0 Å². The number of halogens is 1. The number of nitrogens with zero attached hydrogens (tertiary/aromatic N) is 1. The predicted molar refractivity (Wildman–Crippen MR) is 129 cm³/mol. The lowest BCUT2D eigenvalue weighted by atomic mass is 10.1. The van der Waals surface area contributed by atoms with E-state index in [-0.39, 0.29) is 18.6 Å². The molecule has 0 saturated carbocycles. The first-order chi connectivity index (χ1) is 15.1. The van der Waals surface area contributed by atoms with Crippen LogP contribution in [0.5, 0.6) is 5.75 Å². The Morgan fingerprint density at radius 3 is 2.34 bits per heavy atom. The van der Waals surface area contributed by atoms with E-state index in [1.807, 2.05) is 26.0 Å². The number of benzene rings is 3. The van der Waals surface area contributed by atoms with Gasteiger partial charge in [0.25, 0.3) is 5.91 Å². The van der Waals surface area contributed by atoms with Crippen molar-refractivity contribution in [2.75, 3.05) is 15.9 Å². The minimum absolute atomic E-state index is 0.0342. The maximum absolute atomic E-state index is 12.6. The molecular weight excluding hydrogens is 448 g/mol. The number of rotatable bonds is 8. The number of anilines is 2. The molecule has 3 aromatic carbocycles. The molecule has 0 saturated heterocycles. The topological polar surface area (TPSA) is 75.7 Å². The second kappa shape index (κ2) is 10.1. The van der Waals surface area contributed by atoms with Crippen molar-refractivity contribution in [1.82, 2.24) is 0 Å². The molecule has 0 aliphatic rings. The molecule has 1 amide bonds. The molecule has 0 bridgehead atoms. The Morgan fingerprint density at radius 2 is 1.72 bits per heavy atom. The summed E-state index contributed by atoms with van der Waals surface area (Å²) in [6.07, 6.45) is 1.18. The van der Waals surface area contributed by atoms with Crippen LogP contribution in [0.4, 0.5) is 11.4 Å². The van der Waals surface area contributed by atoms with Crippen LogP contribution in [0.1, 0.15) is 29.8 Å². The molecular formula is C24H25ClN2O4S. The summed E-state index contributed by atoms with van der Waals surface area (Å²) in [6.45, 7) is 3.99. The van der Waals surface area contributed by atoms with Crippen molar-refractivity contribution in [2.45, 2.75) is 26.5 Å². The van der Waals surface area contributed by atoms with E-state index in [1.54, 1.807) is 60.7 Å². The van der Waals surface area contributed by atoms with Gasteiger partial charge in [0.1, 0.15) is 5.75 Å². The molecule has 32 heavy (non-hydrogen) atoms. The second-order valence-electron chi connectivity index (χ2n) is 7.59. The minimum atomic E-state index is -3.53. The zero-order valence-corrected chi connectivity index (χ0v) is 19.7. The van der Waals surface area contributed by atoms with Gasteiger partial charge in [-0.05, 0) is 61.9 Å². The average Bonchev–Trinajstić information content (AvgIpc) is 2.71. The third-order valence-corrected chi connectivity index (χ3v) is 5.88. The summed E-state index contributed by atoms with van der Waals surface area (Å²) in [7, 11) is -3.53. The highest BCUT2D eigenvalue weighted by Crippen LogP contribution is 2.24. The molecule has 0 aliphatic heterocycles. The molecule has 3 aromatic rings. The van der Waals surface area contributed by atoms with Gasteiger partial charge in [-0.2, -0.15) is 0 Å². The summed E-state index contributed by atoms with van der Waals surface area (Å²) in [5.74, 6) is 0.406. The average molecular weight is 473 g/mol. The van der Waals surface area contributed by atoms with Crippen LogP contribution in [0.2, 0.25) is 5.02 Å². The first-order valence-electron chi connectivity index (χ1n) is 10.0. The third-order valence-electron chi connectivity index (χ3n) is 4.50. The summed E-state index contributed by atoms with van der Waals surface area (Å²) < 4.78 is 31.6. The number of carbonyl (C=O) groups excluding carboxylic acids is 1. The first-order valence-corrected chi connectivity index (χ1v) is 12.2. The van der Waals surface area contributed by atoms with E-state index in [2.05, 4.69) is 5.32 Å². The maximum Gasteiger partial charge on any atom is 0.255 e. The van der Waals surface area contributed by atoms with Crippen molar-refractivity contribution >= 4 is 38.9 Å². The number of hydrogen-bond acceptors (Lipinski definition) is 4. The molecule has 6 nitrogen and oxygen atoms in total. The Morgan fingerprint density at radius 1 is 1.03 bits per heavy atom. The lowest BCUT2D eigenvalue weighted by Crippen LogP contribution is -2.29. The van der Waals surface area contributed by atoms with Crippen molar-refractivity contribution < 1.29 is 17.9 Å². The van der Waals surface area contributed by atoms with Crippen LogP contribution >= 0.6 is 11.6 Å². The molecule has 8 heteroatoms. The van der Waals surface area contributed by atoms with Gasteiger partial charge in [-0.25, -0.2) is 8.42 Å². The van der Waals surface area contributed by atoms with E-state index in [0.29, 0.717) is 27.7 Å². The van der Waals surface area contributed by atoms with E-state index >= 15 is 0 Å². The van der Waals surface area contributed by atoms with Crippen molar-refractivity contribution in [3.8, 4) is 5.75 Å². The molecule has 0 spiro atoms. The van der Waals surface area contributed by atoms with Crippen molar-refractivity contribution in [2.24, 2.45) is 0 Å². The standard InChI is InChI=1S/C24H25ClN2O4S/c1-17(2)31-23-9-5-7-21(15-23)26-24(28)19-12-10-18(11-13-19)16-27(32(3,29)30)22-8-4-6-20(25)14-22/h4-15,17H,16H2,1-3H3,(H,26,28). The number of carbonyl (C=O) groups is 1. The molecule has 168 valence electrons. The van der Waals surface area contributed by atoms with Gasteiger partial charge >= 0.3 is 0 Å². The molecule has 0 radical (unpaired) electrons. The smallest absolute Gasteiger partial charge is 0.255 e. The van der Waals surface area contributed by atoms with Crippen LogP contribution in [-0.2, 0) is 16.6 Å². The van der Waals surface area contributed by atoms with Gasteiger partial charge in [-0.1, -0.05) is 35.9 Å². The van der Waals surface area contributed by atoms with E-state index in [1.165, 1.54) is 4.31 Å². The molecule has 1 N–H and O–H groups in total. The SMILES string of the molecule is CC(C)Oc1cccc(NC(=O)c2ccc(CN(c3cccc(Cl)c3)S(C)(=O)=O)cc2)c1. The summed E-state index contributed by atoms with van der Waals surface area (Å²) >= 11 is 6.02. The number of hydrogen-bond donors (Lipinski definition) is 1. The molecule has 0 aliphatic carbocycles. The summed E-state index contributed by atoms with van der Waals surface area (Å²) in [5.41, 5.74) is 2.30. The van der Waals surface area contributed by atoms with E-state index in [9.17, 15) is 13.2 Å². The Labute approximate surface area is 193 Å². The molecule has 0 aromatic heterocycles. The lowest BCUT2D eigenvalue weighted by Gasteiger charge is -2.22. The minimum Gasteiger partial charge on any atom is -0.491 e. The zero-order chi connectivity index (χ0) is 23.3. The lowest BCUT2D eigenvalue weighted by molar-refractivity contribution is 0.102. The molecule has 0 atom stereocenters. The summed E-state index contributed by atoms with van der Waals surface area (Å²) in [5, 5.41) is 3.30. The van der Waals surface area contributed by atoms with Gasteiger partial charge in [0.05, 0.1) is 24.6 Å². The van der Waals surface area contributed by atoms with E-state index in [0.717, 1.165) is 11.8 Å². The van der Waals surface area contributed by atoms with Gasteiger partial charge in [-0.15, -0.1) is 0 Å². The maximum atomic E-state index is 12.6. The van der Waals surface area contributed by atoms with Crippen LogP contribution in [-0.4, -0.2) is 26.7 Å². The normalized spacial score (nSPS) is 11.3. The second-order valence-corrected chi connectivity index (χ2v) is 9.94. The van der Waals surface area contributed by atoms with E-state index < -0.39 is 10.0 Å². The number of ether oxygens (including phenoxy) is 1. The Balaban J connectivity index is 1.73. The molecule has 0 heterocycles. The summed E-state index contributed by atoms with van der Waals surface area (Å²) in [4.78, 5) is 12.6. The fourth-order valence-electron chi connectivity index (χ4n) is 3.08. The first kappa shape index (κ1) is 23.6. The van der Waals surface area contributed by atoms with Crippen LogP contribution in [0.3, 0.4) is 0 Å². The quantitative estimate of drug-likeness (QED) is 0.479. The van der Waals surface area contributed by atoms with Gasteiger partial charge < -0.3 is 10.1 Å². The number of sulfonamides is 1. The van der Waals surface area contributed by atoms with E-state index in [4.69, 9.17) is 16.3 Å². The number of nitrogens with one attached hydrogen (secondary N) is 1. The Kier molecular flexibility index (Phi) is 7.43. The van der Waals surface area contributed by atoms with Crippen LogP contribution in [0.25, 0.3) is 0 Å². The number of amides is 1. The highest BCUT2D eigenvalue weighted by Gasteiger charge is 2.18. The summed E-state index contributed by atoms with van der Waals surface area (Å²) in [6, 6.07) is 20.7. The van der Waals surface area contributed by atoms with Crippen molar-refractivity contribution in [3.63, 3.8) is 0 Å². The highest BCUT2D eigenvalue weighted by atomic mass is 35.5. The van der Waals surface area contributed by atoms with Gasteiger partial charge in [0, 0.05) is 22.3 Å². The van der Waals surface area contributed by atoms with Gasteiger partial charge in [-0.3, -0.25) is 9.10 Å². The third kappa shape index (κ3) is 6.48. The molecule has 3 rings (SSSR count). The predicted octanol–water partition coefficient (Wildman–Crippen LogP) is 5.35. The fourth-order valence-corrected chi connectivity index (χ4v) is 4.15. The Bertz CT molecular complexity index is 1190. The van der Waals surface area contributed by atoms with Crippen LogP contribution in [0.15, 0.2) is 72.8 Å². The molecule has 0 fully saturated rings. The highest BCUT2D eigenvalue weighted by molar-refractivity contribution is 7.92. The largest absolute Gasteiger partial charge is 0.491 e. The van der Waals surface area contributed by atoms with Crippen molar-refractivity contribution in [1.29, 1.82) is 0 Å². The molecule has 0 unspecified atom stereocenters. The van der Waals surface area contributed by atoms with Crippen LogP contribution in [0, 0.1) is 0 Å². The Hall–Kier alpha value is -3.03. The fraction of sp³-hybridized carbons (Fsp3) is 0.208. The van der Waals surface area contributed by atoms with Gasteiger partial charge in [0.15, 0.2) is 0 Å².